The lowest BCUT2D eigenvalue weighted by Crippen LogP contribution is -2.45. The van der Waals surface area contributed by atoms with Crippen molar-refractivity contribution in [2.45, 2.75) is 58.7 Å². The van der Waals surface area contributed by atoms with E-state index >= 15 is 0 Å². The number of ketones is 1. The van der Waals surface area contributed by atoms with Crippen LogP contribution in [0.5, 0.6) is 0 Å². The molecule has 47 heavy (non-hydrogen) atoms. The van der Waals surface area contributed by atoms with Crippen molar-refractivity contribution in [2.75, 3.05) is 31.4 Å². The van der Waals surface area contributed by atoms with Crippen molar-refractivity contribution in [3.05, 3.63) is 76.2 Å². The Kier molecular flexibility index (Phi) is 9.76. The molecular formula is C36H39N3O7S. The molecule has 0 bridgehead atoms. The number of fused-ring (bicyclic) bond motifs is 2. The van der Waals surface area contributed by atoms with Crippen molar-refractivity contribution in [3.63, 3.8) is 0 Å². The third-order valence-corrected chi connectivity index (χ3v) is 8.95. The second-order valence-corrected chi connectivity index (χ2v) is 13.8. The Morgan fingerprint density at radius 1 is 1.00 bits per heavy atom. The summed E-state index contributed by atoms with van der Waals surface area (Å²) in [6, 6.07) is 14.9. The van der Waals surface area contributed by atoms with Crippen molar-refractivity contribution in [3.8, 4) is 11.1 Å². The fourth-order valence-electron chi connectivity index (χ4n) is 5.64. The molecule has 0 saturated carbocycles. The van der Waals surface area contributed by atoms with Gasteiger partial charge >= 0.3 is 12.1 Å². The Morgan fingerprint density at radius 3 is 2.38 bits per heavy atom. The lowest BCUT2D eigenvalue weighted by atomic mass is 9.90. The summed E-state index contributed by atoms with van der Waals surface area (Å²) in [5, 5.41) is 4.56. The van der Waals surface area contributed by atoms with Gasteiger partial charge in [-0.25, -0.2) is 9.59 Å². The number of Topliss-reactive ketones (excluding diaryl/α,β-unsaturated/α-hetero) is 1. The standard InChI is InChI=1S/C36H39N3O7S/c1-7-45-34(43)27(37-35(44)46-36(2,3)4)20-47-29-18-30(41)39(33(29)42)19-21-8-10-22(11-9-21)31-26-17-25(38(5)6)14-12-23(26)16-24-13-15-28(40)32(24)31/h8-12,14,16-18,27H,7,13,15,19-20H2,1-6H3,(H,37,44)/t27-/m0/s1. The highest BCUT2D eigenvalue weighted by Gasteiger charge is 2.34. The normalized spacial score (nSPS) is 15.1. The molecule has 0 aromatic heterocycles. The number of rotatable bonds is 10. The van der Waals surface area contributed by atoms with Crippen LogP contribution in [-0.4, -0.2) is 72.7 Å². The van der Waals surface area contributed by atoms with Crippen LogP contribution in [0.15, 0.2) is 59.5 Å². The van der Waals surface area contributed by atoms with E-state index in [0.717, 1.165) is 67.4 Å². The molecule has 0 unspecified atom stereocenters. The number of nitrogens with zero attached hydrogens (tertiary/aromatic N) is 2. The summed E-state index contributed by atoms with van der Waals surface area (Å²) in [5.74, 6) is -1.53. The summed E-state index contributed by atoms with van der Waals surface area (Å²) < 4.78 is 10.3. The van der Waals surface area contributed by atoms with Gasteiger partial charge in [-0.2, -0.15) is 0 Å². The number of anilines is 1. The van der Waals surface area contributed by atoms with E-state index in [0.29, 0.717) is 6.42 Å². The van der Waals surface area contributed by atoms with Gasteiger partial charge in [-0.05, 0) is 73.7 Å². The van der Waals surface area contributed by atoms with Gasteiger partial charge in [0.1, 0.15) is 11.6 Å². The number of aryl methyl sites for hydroxylation is 1. The van der Waals surface area contributed by atoms with Crippen LogP contribution in [0.25, 0.3) is 21.9 Å². The molecule has 2 aliphatic rings. The molecule has 1 atom stereocenters. The minimum atomic E-state index is -1.09. The van der Waals surface area contributed by atoms with Gasteiger partial charge in [-0.3, -0.25) is 19.3 Å². The number of carbonyl (C=O) groups excluding carboxylic acids is 5. The minimum absolute atomic E-state index is 0.0327. The number of hydrogen-bond acceptors (Lipinski definition) is 9. The maximum atomic E-state index is 13.3. The maximum Gasteiger partial charge on any atom is 0.408 e. The van der Waals surface area contributed by atoms with Crippen molar-refractivity contribution < 1.29 is 33.4 Å². The number of alkyl carbamates (subject to hydrolysis) is 1. The molecule has 0 radical (unpaired) electrons. The van der Waals surface area contributed by atoms with Crippen LogP contribution >= 0.6 is 11.8 Å². The van der Waals surface area contributed by atoms with Crippen LogP contribution in [0.1, 0.15) is 55.6 Å². The molecule has 10 nitrogen and oxygen atoms in total. The topological polar surface area (TPSA) is 122 Å². The Hall–Kier alpha value is -4.64. The summed E-state index contributed by atoms with van der Waals surface area (Å²) in [7, 11) is 3.96. The van der Waals surface area contributed by atoms with E-state index < -0.39 is 35.5 Å². The highest BCUT2D eigenvalue weighted by atomic mass is 32.2. The van der Waals surface area contributed by atoms with E-state index in [2.05, 4.69) is 29.6 Å². The van der Waals surface area contributed by atoms with E-state index in [1.165, 1.54) is 6.08 Å². The second-order valence-electron chi connectivity index (χ2n) is 12.7. The molecular weight excluding hydrogens is 618 g/mol. The van der Waals surface area contributed by atoms with Crippen LogP contribution in [0, 0.1) is 0 Å². The average Bonchev–Trinajstić information content (AvgIpc) is 3.50. The number of carbonyl (C=O) groups is 5. The van der Waals surface area contributed by atoms with Gasteiger partial charge in [0.25, 0.3) is 11.8 Å². The van der Waals surface area contributed by atoms with Crippen LogP contribution in [-0.2, 0) is 36.8 Å². The number of thioether (sulfide) groups is 1. The summed E-state index contributed by atoms with van der Waals surface area (Å²) in [6.07, 6.45) is 1.65. The van der Waals surface area contributed by atoms with Crippen molar-refractivity contribution in [2.24, 2.45) is 0 Å². The summed E-state index contributed by atoms with van der Waals surface area (Å²) in [6.45, 7) is 6.92. The zero-order chi connectivity index (χ0) is 34.0. The van der Waals surface area contributed by atoms with Gasteiger partial charge in [-0.1, -0.05) is 36.4 Å². The van der Waals surface area contributed by atoms with Crippen molar-refractivity contribution in [1.82, 2.24) is 10.2 Å². The van der Waals surface area contributed by atoms with Gasteiger partial charge in [-0.15, -0.1) is 11.8 Å². The van der Waals surface area contributed by atoms with E-state index in [1.54, 1.807) is 27.7 Å². The lowest BCUT2D eigenvalue weighted by molar-refractivity contribution is -0.145. The summed E-state index contributed by atoms with van der Waals surface area (Å²) >= 11 is 0.990. The molecule has 246 valence electrons. The predicted octanol–water partition coefficient (Wildman–Crippen LogP) is 5.64. The minimum Gasteiger partial charge on any atom is -0.464 e. The largest absolute Gasteiger partial charge is 0.464 e. The second kappa shape index (κ2) is 13.6. The molecule has 1 aliphatic carbocycles. The van der Waals surface area contributed by atoms with Crippen molar-refractivity contribution >= 4 is 57.9 Å². The third-order valence-electron chi connectivity index (χ3n) is 7.85. The smallest absolute Gasteiger partial charge is 0.408 e. The van der Waals surface area contributed by atoms with Gasteiger partial charge in [0.15, 0.2) is 5.78 Å². The van der Waals surface area contributed by atoms with E-state index in [9.17, 15) is 24.0 Å². The molecule has 0 spiro atoms. The van der Waals surface area contributed by atoms with Crippen molar-refractivity contribution in [1.29, 1.82) is 0 Å². The van der Waals surface area contributed by atoms with E-state index in [1.807, 2.05) is 43.3 Å². The molecule has 0 fully saturated rings. The Labute approximate surface area is 278 Å². The fourth-order valence-corrected chi connectivity index (χ4v) is 6.62. The predicted molar refractivity (Wildman–Crippen MR) is 182 cm³/mol. The number of nitrogens with one attached hydrogen (secondary N) is 1. The number of imide groups is 1. The van der Waals surface area contributed by atoms with Crippen LogP contribution < -0.4 is 10.2 Å². The number of amides is 3. The van der Waals surface area contributed by atoms with Gasteiger partial charge in [0, 0.05) is 49.2 Å². The number of esters is 1. The first-order valence-corrected chi connectivity index (χ1v) is 16.5. The zero-order valence-electron chi connectivity index (χ0n) is 27.5. The number of benzene rings is 3. The quantitative estimate of drug-likeness (QED) is 0.218. The molecule has 1 N–H and O–H groups in total. The molecule has 1 aliphatic heterocycles. The molecule has 1 heterocycles. The molecule has 3 amide bonds. The highest BCUT2D eigenvalue weighted by Crippen LogP contribution is 2.40. The monoisotopic (exact) mass is 657 g/mol. The Bertz CT molecular complexity index is 1790. The Morgan fingerprint density at radius 2 is 1.72 bits per heavy atom. The third kappa shape index (κ3) is 7.51. The molecule has 0 saturated heterocycles. The fraction of sp³-hybridized carbons (Fsp3) is 0.361. The number of ether oxygens (including phenoxy) is 2. The van der Waals surface area contributed by atoms with Crippen LogP contribution in [0.3, 0.4) is 0 Å². The average molecular weight is 658 g/mol. The number of hydrogen-bond donors (Lipinski definition) is 1. The molecule has 3 aromatic rings. The lowest BCUT2D eigenvalue weighted by Gasteiger charge is -2.22. The maximum absolute atomic E-state index is 13.3. The van der Waals surface area contributed by atoms with Gasteiger partial charge in [0.2, 0.25) is 0 Å². The van der Waals surface area contributed by atoms with Gasteiger partial charge in [0.05, 0.1) is 18.1 Å². The first-order chi connectivity index (χ1) is 22.3. The molecule has 5 rings (SSSR count). The van der Waals surface area contributed by atoms with Gasteiger partial charge < -0.3 is 19.7 Å². The SMILES string of the molecule is CCOC(=O)[C@H](CSC1=CC(=O)N(Cc2ccc(-c3c4c(cc5ccc(N(C)C)cc35)CCC4=O)cc2)C1=O)NC(=O)OC(C)(C)C. The first-order valence-electron chi connectivity index (χ1n) is 15.5. The van der Waals surface area contributed by atoms with Crippen LogP contribution in [0.2, 0.25) is 0 Å². The van der Waals surface area contributed by atoms with Crippen LogP contribution in [0.4, 0.5) is 10.5 Å². The summed E-state index contributed by atoms with van der Waals surface area (Å²) in [5.41, 5.74) is 4.60. The Balaban J connectivity index is 1.31. The zero-order valence-corrected chi connectivity index (χ0v) is 28.3. The highest BCUT2D eigenvalue weighted by molar-refractivity contribution is 8.04. The van der Waals surface area contributed by atoms with E-state index in [-0.39, 0.29) is 29.6 Å². The summed E-state index contributed by atoms with van der Waals surface area (Å²) in [4.78, 5) is 67.4. The first kappa shape index (κ1) is 33.7. The van der Waals surface area contributed by atoms with E-state index in [4.69, 9.17) is 9.47 Å². The molecule has 11 heteroatoms. The molecule has 3 aromatic carbocycles.